The predicted molar refractivity (Wildman–Crippen MR) is 117 cm³/mol. The molecule has 2 aromatic heterocycles. The number of carbonyl (C=O) groups excluding carboxylic acids is 2. The molecule has 1 saturated heterocycles. The Balaban J connectivity index is 1.36. The second-order valence-electron chi connectivity index (χ2n) is 7.53. The molecule has 1 fully saturated rings. The van der Waals surface area contributed by atoms with Crippen LogP contribution in [0.1, 0.15) is 27.3 Å². The molecule has 3 heterocycles. The number of hydrogen-bond donors (Lipinski definition) is 0. The van der Waals surface area contributed by atoms with Crippen molar-refractivity contribution < 1.29 is 9.59 Å². The van der Waals surface area contributed by atoms with Crippen LogP contribution in [-0.2, 0) is 11.2 Å². The summed E-state index contributed by atoms with van der Waals surface area (Å²) in [6.45, 7) is 6.23. The van der Waals surface area contributed by atoms with Gasteiger partial charge in [-0.1, -0.05) is 29.8 Å². The minimum atomic E-state index is -0.0703. The summed E-state index contributed by atoms with van der Waals surface area (Å²) in [5.41, 5.74) is 4.67. The normalized spacial score (nSPS) is 14.1. The lowest BCUT2D eigenvalue weighted by Crippen LogP contribution is -2.51. The number of rotatable bonds is 4. The second kappa shape index (κ2) is 8.75. The van der Waals surface area contributed by atoms with Crippen molar-refractivity contribution in [3.05, 3.63) is 70.5 Å². The fourth-order valence-electron chi connectivity index (χ4n) is 3.64. The maximum Gasteiger partial charge on any atom is 0.273 e. The van der Waals surface area contributed by atoms with Gasteiger partial charge in [0.2, 0.25) is 5.91 Å². The van der Waals surface area contributed by atoms with Gasteiger partial charge in [0.1, 0.15) is 10.7 Å². The molecule has 2 amide bonds. The smallest absolute Gasteiger partial charge is 0.273 e. The molecule has 154 valence electrons. The first-order valence-corrected chi connectivity index (χ1v) is 10.9. The topological polar surface area (TPSA) is 66.4 Å². The number of carbonyl (C=O) groups is 2. The van der Waals surface area contributed by atoms with E-state index >= 15 is 0 Å². The Labute approximate surface area is 180 Å². The Morgan fingerprint density at radius 1 is 1.03 bits per heavy atom. The zero-order chi connectivity index (χ0) is 21.1. The highest BCUT2D eigenvalue weighted by molar-refractivity contribution is 7.13. The highest BCUT2D eigenvalue weighted by Crippen LogP contribution is 2.28. The number of aryl methyl sites for hydroxylation is 2. The summed E-state index contributed by atoms with van der Waals surface area (Å²) in [6, 6.07) is 11.8. The number of thiazole rings is 1. The first-order chi connectivity index (χ1) is 14.5. The van der Waals surface area contributed by atoms with Gasteiger partial charge < -0.3 is 9.80 Å². The van der Waals surface area contributed by atoms with Gasteiger partial charge in [0.25, 0.3) is 5.91 Å². The number of pyridine rings is 1. The number of piperazine rings is 1. The van der Waals surface area contributed by atoms with Crippen LogP contribution in [0.3, 0.4) is 0 Å². The van der Waals surface area contributed by atoms with Crippen molar-refractivity contribution >= 4 is 23.2 Å². The fourth-order valence-corrected chi connectivity index (χ4v) is 4.52. The Morgan fingerprint density at radius 2 is 1.80 bits per heavy atom. The minimum absolute atomic E-state index is 0.0478. The summed E-state index contributed by atoms with van der Waals surface area (Å²) in [5, 5.41) is 2.69. The van der Waals surface area contributed by atoms with E-state index in [1.165, 1.54) is 16.9 Å². The molecule has 0 saturated carbocycles. The summed E-state index contributed by atoms with van der Waals surface area (Å²) < 4.78 is 0. The molecule has 3 aromatic rings. The van der Waals surface area contributed by atoms with Gasteiger partial charge >= 0.3 is 0 Å². The SMILES string of the molecule is Cc1ccc(-c2nc(C(=O)N3CCN(C(=O)Cc4ccccn4)CC3)cs2)c(C)c1. The molecule has 0 bridgehead atoms. The van der Waals surface area contributed by atoms with Gasteiger partial charge in [-0.25, -0.2) is 4.98 Å². The van der Waals surface area contributed by atoms with Gasteiger partial charge in [0, 0.05) is 49.0 Å². The van der Waals surface area contributed by atoms with Crippen LogP contribution in [0.25, 0.3) is 10.6 Å². The van der Waals surface area contributed by atoms with Crippen LogP contribution in [0, 0.1) is 13.8 Å². The highest BCUT2D eigenvalue weighted by atomic mass is 32.1. The molecular formula is C23H24N4O2S. The minimum Gasteiger partial charge on any atom is -0.339 e. The Bertz CT molecular complexity index is 1060. The van der Waals surface area contributed by atoms with Crippen molar-refractivity contribution in [3.63, 3.8) is 0 Å². The first-order valence-electron chi connectivity index (χ1n) is 10.0. The number of hydrogen-bond acceptors (Lipinski definition) is 5. The summed E-state index contributed by atoms with van der Waals surface area (Å²) in [6.07, 6.45) is 1.99. The van der Waals surface area contributed by atoms with Gasteiger partial charge in [-0.05, 0) is 31.5 Å². The van der Waals surface area contributed by atoms with Crippen LogP contribution in [0.2, 0.25) is 0 Å². The van der Waals surface area contributed by atoms with Gasteiger partial charge in [-0.3, -0.25) is 14.6 Å². The average Bonchev–Trinajstić information content (AvgIpc) is 3.24. The second-order valence-corrected chi connectivity index (χ2v) is 8.39. The molecule has 1 aromatic carbocycles. The molecule has 6 nitrogen and oxygen atoms in total. The Kier molecular flexibility index (Phi) is 5.90. The van der Waals surface area contributed by atoms with E-state index in [0.717, 1.165) is 21.8 Å². The standard InChI is InChI=1S/C23H24N4O2S/c1-16-6-7-19(17(2)13-16)22-25-20(15-30-22)23(29)27-11-9-26(10-12-27)21(28)14-18-5-3-4-8-24-18/h3-8,13,15H,9-12,14H2,1-2H3. The molecule has 0 atom stereocenters. The molecule has 0 unspecified atom stereocenters. The van der Waals surface area contributed by atoms with Crippen LogP contribution in [-0.4, -0.2) is 57.8 Å². The van der Waals surface area contributed by atoms with E-state index in [-0.39, 0.29) is 11.8 Å². The third-order valence-electron chi connectivity index (χ3n) is 5.31. The van der Waals surface area contributed by atoms with E-state index < -0.39 is 0 Å². The van der Waals surface area contributed by atoms with Crippen LogP contribution in [0.5, 0.6) is 0 Å². The lowest BCUT2D eigenvalue weighted by molar-refractivity contribution is -0.132. The van der Waals surface area contributed by atoms with Crippen molar-refractivity contribution in [3.8, 4) is 10.6 Å². The number of amides is 2. The molecule has 7 heteroatoms. The molecule has 30 heavy (non-hydrogen) atoms. The lowest BCUT2D eigenvalue weighted by Gasteiger charge is -2.34. The molecule has 0 N–H and O–H groups in total. The zero-order valence-electron chi connectivity index (χ0n) is 17.2. The van der Waals surface area contributed by atoms with Gasteiger partial charge in [-0.2, -0.15) is 0 Å². The van der Waals surface area contributed by atoms with E-state index in [1.807, 2.05) is 23.6 Å². The Hall–Kier alpha value is -3.06. The van der Waals surface area contributed by atoms with Crippen molar-refractivity contribution in [2.45, 2.75) is 20.3 Å². The van der Waals surface area contributed by atoms with Gasteiger partial charge in [-0.15, -0.1) is 11.3 Å². The third kappa shape index (κ3) is 4.41. The number of nitrogens with zero attached hydrogens (tertiary/aromatic N) is 4. The monoisotopic (exact) mass is 420 g/mol. The molecule has 1 aliphatic rings. The van der Waals surface area contributed by atoms with Crippen molar-refractivity contribution in [1.29, 1.82) is 0 Å². The quantitative estimate of drug-likeness (QED) is 0.649. The number of benzene rings is 1. The molecular weight excluding hydrogens is 396 g/mol. The summed E-state index contributed by atoms with van der Waals surface area (Å²) in [7, 11) is 0. The van der Waals surface area contributed by atoms with E-state index in [2.05, 4.69) is 42.0 Å². The van der Waals surface area contributed by atoms with Crippen molar-refractivity contribution in [2.24, 2.45) is 0 Å². The summed E-state index contributed by atoms with van der Waals surface area (Å²) in [4.78, 5) is 37.8. The zero-order valence-corrected chi connectivity index (χ0v) is 18.0. The van der Waals surface area contributed by atoms with Crippen LogP contribution in [0.15, 0.2) is 48.0 Å². The number of aromatic nitrogens is 2. The predicted octanol–water partition coefficient (Wildman–Crippen LogP) is 3.35. The van der Waals surface area contributed by atoms with Crippen molar-refractivity contribution in [1.82, 2.24) is 19.8 Å². The Morgan fingerprint density at radius 3 is 2.50 bits per heavy atom. The van der Waals surface area contributed by atoms with Gasteiger partial charge in [0.15, 0.2) is 0 Å². The largest absolute Gasteiger partial charge is 0.339 e. The molecule has 1 aliphatic heterocycles. The maximum absolute atomic E-state index is 12.9. The summed E-state index contributed by atoms with van der Waals surface area (Å²) >= 11 is 1.49. The fraction of sp³-hybridized carbons (Fsp3) is 0.304. The van der Waals surface area contributed by atoms with E-state index in [1.54, 1.807) is 16.0 Å². The maximum atomic E-state index is 12.9. The van der Waals surface area contributed by atoms with E-state index in [4.69, 9.17) is 0 Å². The molecule has 4 rings (SSSR count). The molecule has 0 radical (unpaired) electrons. The third-order valence-corrected chi connectivity index (χ3v) is 6.19. The van der Waals surface area contributed by atoms with Gasteiger partial charge in [0.05, 0.1) is 6.42 Å². The molecule has 0 spiro atoms. The van der Waals surface area contributed by atoms with Crippen LogP contribution < -0.4 is 0 Å². The van der Waals surface area contributed by atoms with Crippen LogP contribution >= 0.6 is 11.3 Å². The lowest BCUT2D eigenvalue weighted by atomic mass is 10.1. The van der Waals surface area contributed by atoms with E-state index in [9.17, 15) is 9.59 Å². The highest BCUT2D eigenvalue weighted by Gasteiger charge is 2.26. The van der Waals surface area contributed by atoms with E-state index in [0.29, 0.717) is 38.3 Å². The van der Waals surface area contributed by atoms with Crippen molar-refractivity contribution in [2.75, 3.05) is 26.2 Å². The molecule has 0 aliphatic carbocycles. The van der Waals surface area contributed by atoms with Crippen LogP contribution in [0.4, 0.5) is 0 Å². The summed E-state index contributed by atoms with van der Waals surface area (Å²) in [5.74, 6) is -0.0225. The first kappa shape index (κ1) is 20.2. The average molecular weight is 421 g/mol.